The van der Waals surface area contributed by atoms with E-state index in [0.717, 1.165) is 16.5 Å². The van der Waals surface area contributed by atoms with Crippen LogP contribution in [0.15, 0.2) is 53.9 Å². The average molecular weight is 453 g/mol. The minimum atomic E-state index is -0.0192. The molecule has 0 saturated heterocycles. The number of carbonyl (C=O) groups excluding carboxylic acids is 1. The molecule has 32 heavy (non-hydrogen) atoms. The zero-order valence-electron chi connectivity index (χ0n) is 19.5. The van der Waals surface area contributed by atoms with Crippen LogP contribution in [0.2, 0.25) is 0 Å². The smallest absolute Gasteiger partial charge is 0.254 e. The topological polar surface area (TPSA) is 51.7 Å². The second-order valence-electron chi connectivity index (χ2n) is 8.53. The lowest BCUT2D eigenvalue weighted by atomic mass is 10.0. The summed E-state index contributed by atoms with van der Waals surface area (Å²) in [4.78, 5) is 19.8. The maximum atomic E-state index is 13.2. The normalized spacial score (nSPS) is 11.1. The molecule has 170 valence electrons. The van der Waals surface area contributed by atoms with Crippen LogP contribution in [-0.4, -0.2) is 29.4 Å². The molecule has 0 N–H and O–H groups in total. The lowest BCUT2D eigenvalue weighted by Gasteiger charge is -2.24. The first-order valence-corrected chi connectivity index (χ1v) is 11.8. The third kappa shape index (κ3) is 6.33. The van der Waals surface area contributed by atoms with Gasteiger partial charge in [-0.1, -0.05) is 52.0 Å². The predicted octanol–water partition coefficient (Wildman–Crippen LogP) is 6.15. The van der Waals surface area contributed by atoms with Gasteiger partial charge in [-0.15, -0.1) is 11.3 Å². The van der Waals surface area contributed by atoms with Gasteiger partial charge in [0.15, 0.2) is 0 Å². The van der Waals surface area contributed by atoms with E-state index in [-0.39, 0.29) is 5.91 Å². The molecule has 0 atom stereocenters. The minimum Gasteiger partial charge on any atom is -0.497 e. The Hall–Kier alpha value is -2.86. The van der Waals surface area contributed by atoms with Crippen LogP contribution in [0.25, 0.3) is 0 Å². The number of rotatable bonds is 10. The number of para-hydroxylation sites is 1. The van der Waals surface area contributed by atoms with Gasteiger partial charge < -0.3 is 14.4 Å². The van der Waals surface area contributed by atoms with Crippen LogP contribution in [0.3, 0.4) is 0 Å². The number of nitrogens with zero attached hydrogens (tertiary/aromatic N) is 2. The van der Waals surface area contributed by atoms with Gasteiger partial charge in [0, 0.05) is 17.5 Å². The third-order valence-corrected chi connectivity index (χ3v) is 5.90. The SMILES string of the molecule is COc1cccc(C(=O)N(Cc2csc(COc3ccccc3C(C)C)n2)CC(C)C)c1. The predicted molar refractivity (Wildman–Crippen MR) is 130 cm³/mol. The first-order valence-electron chi connectivity index (χ1n) is 11.0. The average Bonchev–Trinajstić information content (AvgIpc) is 3.24. The van der Waals surface area contributed by atoms with E-state index in [1.807, 2.05) is 46.7 Å². The van der Waals surface area contributed by atoms with Crippen LogP contribution < -0.4 is 9.47 Å². The Bertz CT molecular complexity index is 1030. The summed E-state index contributed by atoms with van der Waals surface area (Å²) in [6.45, 7) is 10.1. The second kappa shape index (κ2) is 11.1. The molecule has 1 heterocycles. The Balaban J connectivity index is 1.70. The molecule has 0 bridgehead atoms. The van der Waals surface area contributed by atoms with E-state index >= 15 is 0 Å². The Morgan fingerprint density at radius 1 is 1.09 bits per heavy atom. The van der Waals surface area contributed by atoms with E-state index in [1.54, 1.807) is 24.5 Å². The van der Waals surface area contributed by atoms with Gasteiger partial charge in [0.1, 0.15) is 23.1 Å². The van der Waals surface area contributed by atoms with Crippen molar-refractivity contribution in [2.75, 3.05) is 13.7 Å². The van der Waals surface area contributed by atoms with Crippen molar-refractivity contribution in [3.05, 3.63) is 75.7 Å². The quantitative estimate of drug-likeness (QED) is 0.370. The number of carbonyl (C=O) groups is 1. The Morgan fingerprint density at radius 3 is 2.59 bits per heavy atom. The molecule has 3 rings (SSSR count). The zero-order valence-corrected chi connectivity index (χ0v) is 20.3. The molecular formula is C26H32N2O3S. The second-order valence-corrected chi connectivity index (χ2v) is 9.47. The van der Waals surface area contributed by atoms with Gasteiger partial charge in [0.25, 0.3) is 5.91 Å². The maximum absolute atomic E-state index is 13.2. The summed E-state index contributed by atoms with van der Waals surface area (Å²) in [5.74, 6) is 2.29. The first kappa shape index (κ1) is 23.8. The molecule has 5 nitrogen and oxygen atoms in total. The van der Waals surface area contributed by atoms with E-state index in [4.69, 9.17) is 14.5 Å². The Labute approximate surface area is 195 Å². The molecule has 0 aliphatic carbocycles. The van der Waals surface area contributed by atoms with Gasteiger partial charge in [0.05, 0.1) is 19.3 Å². The molecule has 6 heteroatoms. The molecule has 0 aliphatic rings. The summed E-state index contributed by atoms with van der Waals surface area (Å²) < 4.78 is 11.3. The number of benzene rings is 2. The molecule has 1 amide bonds. The fourth-order valence-electron chi connectivity index (χ4n) is 3.51. The minimum absolute atomic E-state index is 0.0192. The lowest BCUT2D eigenvalue weighted by Crippen LogP contribution is -2.33. The van der Waals surface area contributed by atoms with Crippen LogP contribution in [-0.2, 0) is 13.2 Å². The van der Waals surface area contributed by atoms with Gasteiger partial charge >= 0.3 is 0 Å². The summed E-state index contributed by atoms with van der Waals surface area (Å²) in [5.41, 5.74) is 2.69. The Kier molecular flexibility index (Phi) is 8.28. The summed E-state index contributed by atoms with van der Waals surface area (Å²) in [7, 11) is 1.61. The highest BCUT2D eigenvalue weighted by Gasteiger charge is 2.19. The van der Waals surface area contributed by atoms with Crippen LogP contribution in [0, 0.1) is 5.92 Å². The van der Waals surface area contributed by atoms with Gasteiger partial charge in [-0.2, -0.15) is 0 Å². The molecule has 0 radical (unpaired) electrons. The van der Waals surface area contributed by atoms with E-state index in [2.05, 4.69) is 33.8 Å². The lowest BCUT2D eigenvalue weighted by molar-refractivity contribution is 0.0720. The van der Waals surface area contributed by atoms with Gasteiger partial charge in [0.2, 0.25) is 0 Å². The molecule has 1 aromatic heterocycles. The zero-order chi connectivity index (χ0) is 23.1. The molecule has 0 aliphatic heterocycles. The summed E-state index contributed by atoms with van der Waals surface area (Å²) >= 11 is 1.56. The van der Waals surface area contributed by atoms with Crippen LogP contribution in [0.5, 0.6) is 11.5 Å². The van der Waals surface area contributed by atoms with Crippen LogP contribution >= 0.6 is 11.3 Å². The van der Waals surface area contributed by atoms with E-state index in [9.17, 15) is 4.79 Å². The van der Waals surface area contributed by atoms with E-state index < -0.39 is 0 Å². The third-order valence-electron chi connectivity index (χ3n) is 5.03. The molecular weight excluding hydrogens is 420 g/mol. The van der Waals surface area contributed by atoms with Crippen molar-refractivity contribution in [1.29, 1.82) is 0 Å². The summed E-state index contributed by atoms with van der Waals surface area (Å²) in [5, 5.41) is 2.91. The molecule has 0 fully saturated rings. The van der Waals surface area contributed by atoms with Crippen molar-refractivity contribution in [2.45, 2.75) is 46.8 Å². The van der Waals surface area contributed by atoms with Crippen LogP contribution in [0.1, 0.15) is 60.2 Å². The maximum Gasteiger partial charge on any atom is 0.254 e. The number of hydrogen-bond acceptors (Lipinski definition) is 5. The van der Waals surface area contributed by atoms with Crippen molar-refractivity contribution >= 4 is 17.2 Å². The number of thiazole rings is 1. The number of amides is 1. The highest BCUT2D eigenvalue weighted by Crippen LogP contribution is 2.27. The largest absolute Gasteiger partial charge is 0.497 e. The number of aromatic nitrogens is 1. The standard InChI is InChI=1S/C26H32N2O3S/c1-18(2)14-28(26(29)20-9-8-10-22(13-20)30-5)15-21-17-32-25(27-21)16-31-24-12-7-6-11-23(24)19(3)4/h6-13,17-19H,14-16H2,1-5H3. The fraction of sp³-hybridized carbons (Fsp3) is 0.385. The molecule has 2 aromatic carbocycles. The number of ether oxygens (including phenoxy) is 2. The van der Waals surface area contributed by atoms with E-state index in [1.165, 1.54) is 5.56 Å². The van der Waals surface area contributed by atoms with Crippen LogP contribution in [0.4, 0.5) is 0 Å². The Morgan fingerprint density at radius 2 is 1.88 bits per heavy atom. The van der Waals surface area contributed by atoms with Gasteiger partial charge in [-0.05, 0) is 41.7 Å². The first-order chi connectivity index (χ1) is 15.4. The van der Waals surface area contributed by atoms with Gasteiger partial charge in [-0.3, -0.25) is 4.79 Å². The van der Waals surface area contributed by atoms with Crippen molar-refractivity contribution in [1.82, 2.24) is 9.88 Å². The van der Waals surface area contributed by atoms with Crippen molar-refractivity contribution in [3.8, 4) is 11.5 Å². The molecule has 0 spiro atoms. The molecule has 3 aromatic rings. The number of methoxy groups -OCH3 is 1. The fourth-order valence-corrected chi connectivity index (χ4v) is 4.21. The molecule has 0 unspecified atom stereocenters. The van der Waals surface area contributed by atoms with Crippen molar-refractivity contribution in [3.63, 3.8) is 0 Å². The summed E-state index contributed by atoms with van der Waals surface area (Å²) in [6.07, 6.45) is 0. The number of hydrogen-bond donors (Lipinski definition) is 0. The van der Waals surface area contributed by atoms with Crippen molar-refractivity contribution in [2.24, 2.45) is 5.92 Å². The highest BCUT2D eigenvalue weighted by molar-refractivity contribution is 7.09. The molecule has 0 saturated carbocycles. The van der Waals surface area contributed by atoms with Crippen molar-refractivity contribution < 1.29 is 14.3 Å². The highest BCUT2D eigenvalue weighted by atomic mass is 32.1. The van der Waals surface area contributed by atoms with Gasteiger partial charge in [-0.25, -0.2) is 4.98 Å². The monoisotopic (exact) mass is 452 g/mol. The van der Waals surface area contributed by atoms with E-state index in [0.29, 0.717) is 42.8 Å². The summed E-state index contributed by atoms with van der Waals surface area (Å²) in [6, 6.07) is 15.4.